The molecule has 1 atom stereocenters. The number of benzene rings is 4. The van der Waals surface area contributed by atoms with Crippen molar-refractivity contribution in [1.82, 2.24) is 4.90 Å². The van der Waals surface area contributed by atoms with Crippen molar-refractivity contribution in [2.45, 2.75) is 32.4 Å². The van der Waals surface area contributed by atoms with Crippen LogP contribution in [0.2, 0.25) is 0 Å². The van der Waals surface area contributed by atoms with E-state index < -0.39 is 11.6 Å². The Hall–Kier alpha value is -4.24. The molecular formula is C35H39NO7. The molecular weight excluding hydrogens is 546 g/mol. The van der Waals surface area contributed by atoms with Gasteiger partial charge in [-0.1, -0.05) is 54.6 Å². The first kappa shape index (κ1) is 31.7. The molecule has 43 heavy (non-hydrogen) atoms. The third-order valence-electron chi connectivity index (χ3n) is 7.24. The molecule has 4 aromatic rings. The first-order chi connectivity index (χ1) is 20.7. The number of hydrogen-bond donors (Lipinski definition) is 1. The van der Waals surface area contributed by atoms with E-state index in [-0.39, 0.29) is 19.1 Å². The Morgan fingerprint density at radius 2 is 1.60 bits per heavy atom. The van der Waals surface area contributed by atoms with Gasteiger partial charge < -0.3 is 29.0 Å². The second-order valence-electron chi connectivity index (χ2n) is 10.6. The van der Waals surface area contributed by atoms with Gasteiger partial charge in [-0.2, -0.15) is 0 Å². The maximum Gasteiger partial charge on any atom is 0.336 e. The molecule has 226 valence electrons. The van der Waals surface area contributed by atoms with Crippen molar-refractivity contribution >= 4 is 22.6 Å². The molecule has 0 bridgehead atoms. The van der Waals surface area contributed by atoms with Crippen molar-refractivity contribution < 1.29 is 33.6 Å². The van der Waals surface area contributed by atoms with E-state index >= 15 is 0 Å². The smallest absolute Gasteiger partial charge is 0.336 e. The Bertz CT molecular complexity index is 1540. The fraction of sp³-hybridized carbons (Fsp3) is 0.314. The Balaban J connectivity index is 1.39. The molecule has 0 radical (unpaired) electrons. The number of methoxy groups -OCH3 is 1. The molecule has 0 aromatic heterocycles. The molecule has 0 spiro atoms. The first-order valence-electron chi connectivity index (χ1n) is 14.3. The molecule has 0 saturated heterocycles. The molecule has 4 aromatic carbocycles. The number of carbonyl (C=O) groups is 2. The zero-order valence-corrected chi connectivity index (χ0v) is 25.2. The molecule has 0 aliphatic heterocycles. The summed E-state index contributed by atoms with van der Waals surface area (Å²) in [4.78, 5) is 26.7. The Morgan fingerprint density at radius 1 is 0.860 bits per heavy atom. The van der Waals surface area contributed by atoms with Crippen LogP contribution in [0.4, 0.5) is 0 Å². The molecule has 8 nitrogen and oxygen atoms in total. The number of carboxylic acids is 1. The molecule has 4 rings (SSSR count). The number of rotatable bonds is 15. The van der Waals surface area contributed by atoms with Gasteiger partial charge in [0.05, 0.1) is 13.2 Å². The summed E-state index contributed by atoms with van der Waals surface area (Å²) in [6.07, 6.45) is 0.275. The van der Waals surface area contributed by atoms with Crippen molar-refractivity contribution in [3.05, 3.63) is 102 Å². The highest BCUT2D eigenvalue weighted by Gasteiger charge is 2.34. The van der Waals surface area contributed by atoms with Crippen LogP contribution in [0.1, 0.15) is 35.3 Å². The average molecular weight is 586 g/mol. The Kier molecular flexibility index (Phi) is 10.9. The Labute approximate surface area is 252 Å². The van der Waals surface area contributed by atoms with Crippen LogP contribution in [-0.2, 0) is 32.0 Å². The molecule has 0 unspecified atom stereocenters. The van der Waals surface area contributed by atoms with E-state index in [9.17, 15) is 14.7 Å². The summed E-state index contributed by atoms with van der Waals surface area (Å²) in [5.74, 6) is -0.355. The van der Waals surface area contributed by atoms with E-state index in [1.165, 1.54) is 0 Å². The molecule has 1 N–H and O–H groups in total. The van der Waals surface area contributed by atoms with E-state index in [0.29, 0.717) is 37.7 Å². The molecule has 0 heterocycles. The van der Waals surface area contributed by atoms with Gasteiger partial charge in [-0.3, -0.25) is 4.79 Å². The van der Waals surface area contributed by atoms with Gasteiger partial charge in [0.15, 0.2) is 12.4 Å². The summed E-state index contributed by atoms with van der Waals surface area (Å²) in [6, 6.07) is 27.3. The molecule has 1 amide bonds. The third-order valence-corrected chi connectivity index (χ3v) is 7.24. The first-order valence-corrected chi connectivity index (χ1v) is 14.3. The van der Waals surface area contributed by atoms with Crippen molar-refractivity contribution in [3.63, 3.8) is 0 Å². The highest BCUT2D eigenvalue weighted by molar-refractivity contribution is 5.98. The lowest BCUT2D eigenvalue weighted by molar-refractivity contribution is -0.162. The van der Waals surface area contributed by atoms with Gasteiger partial charge in [0.2, 0.25) is 0 Å². The van der Waals surface area contributed by atoms with Crippen molar-refractivity contribution in [2.75, 3.05) is 40.8 Å². The second-order valence-corrected chi connectivity index (χ2v) is 10.6. The predicted molar refractivity (Wildman–Crippen MR) is 166 cm³/mol. The lowest BCUT2D eigenvalue weighted by Gasteiger charge is -2.24. The SMILES string of the molecule is CCO[C@@](C)(Cc1ccc(-c2cccc(CN(C)C(=O)c3ccc4cc(OCOCCOC)ccc4c3)c2)cc1)C(=O)O. The summed E-state index contributed by atoms with van der Waals surface area (Å²) >= 11 is 0. The van der Waals surface area contributed by atoms with Crippen LogP contribution in [0.3, 0.4) is 0 Å². The maximum atomic E-state index is 13.3. The number of carbonyl (C=O) groups excluding carboxylic acids is 1. The van der Waals surface area contributed by atoms with Crippen LogP contribution in [0, 0.1) is 0 Å². The van der Waals surface area contributed by atoms with E-state index in [1.54, 1.807) is 32.9 Å². The van der Waals surface area contributed by atoms with E-state index in [2.05, 4.69) is 6.07 Å². The number of ether oxygens (including phenoxy) is 4. The fourth-order valence-electron chi connectivity index (χ4n) is 4.88. The maximum absolute atomic E-state index is 13.3. The van der Waals surface area contributed by atoms with Gasteiger partial charge in [-0.25, -0.2) is 4.79 Å². The number of nitrogens with zero attached hydrogens (tertiary/aromatic N) is 1. The van der Waals surface area contributed by atoms with Gasteiger partial charge >= 0.3 is 5.97 Å². The minimum absolute atomic E-state index is 0.0701. The standard InChI is InChI=1S/C35H39NO7/c1-5-43-35(2,34(38)39)22-25-9-11-27(12-10-25)28-8-6-7-26(19-28)23-36(3)33(37)31-14-13-30-21-32(16-15-29(30)20-31)42-24-41-18-17-40-4/h6-16,19-21H,5,17-18,22-24H2,1-4H3,(H,38,39)/t35-/m0/s1. The zero-order valence-electron chi connectivity index (χ0n) is 25.2. The predicted octanol–water partition coefficient (Wildman–Crippen LogP) is 6.20. The van der Waals surface area contributed by atoms with Gasteiger partial charge in [0, 0.05) is 39.3 Å². The van der Waals surface area contributed by atoms with Gasteiger partial charge in [-0.05, 0) is 77.2 Å². The van der Waals surface area contributed by atoms with Crippen molar-refractivity contribution in [3.8, 4) is 16.9 Å². The van der Waals surface area contributed by atoms with Crippen molar-refractivity contribution in [1.29, 1.82) is 0 Å². The van der Waals surface area contributed by atoms with Gasteiger partial charge in [0.1, 0.15) is 5.75 Å². The lowest BCUT2D eigenvalue weighted by atomic mass is 9.94. The summed E-state index contributed by atoms with van der Waals surface area (Å²) in [7, 11) is 3.42. The van der Waals surface area contributed by atoms with E-state index in [4.69, 9.17) is 18.9 Å². The van der Waals surface area contributed by atoms with E-state index in [1.807, 2.05) is 78.9 Å². The quantitative estimate of drug-likeness (QED) is 0.131. The number of amides is 1. The molecule has 0 saturated carbocycles. The summed E-state index contributed by atoms with van der Waals surface area (Å²) in [6.45, 7) is 5.28. The van der Waals surface area contributed by atoms with Crippen LogP contribution in [-0.4, -0.2) is 68.3 Å². The number of hydrogen-bond acceptors (Lipinski definition) is 6. The minimum atomic E-state index is -1.27. The minimum Gasteiger partial charge on any atom is -0.479 e. The topological polar surface area (TPSA) is 94.5 Å². The fourth-order valence-corrected chi connectivity index (χ4v) is 4.88. The summed E-state index contributed by atoms with van der Waals surface area (Å²) in [5.41, 5.74) is 3.25. The Morgan fingerprint density at radius 3 is 2.33 bits per heavy atom. The van der Waals surface area contributed by atoms with Crippen molar-refractivity contribution in [2.24, 2.45) is 0 Å². The lowest BCUT2D eigenvalue weighted by Crippen LogP contribution is -2.40. The average Bonchev–Trinajstić information content (AvgIpc) is 3.01. The summed E-state index contributed by atoms with van der Waals surface area (Å²) < 4.78 is 21.5. The number of aliphatic carboxylic acids is 1. The zero-order chi connectivity index (χ0) is 30.8. The molecule has 0 aliphatic rings. The van der Waals surface area contributed by atoms with Crippen LogP contribution in [0.25, 0.3) is 21.9 Å². The normalized spacial score (nSPS) is 12.6. The molecule has 0 aliphatic carbocycles. The summed E-state index contributed by atoms with van der Waals surface area (Å²) in [5, 5.41) is 11.5. The molecule has 8 heteroatoms. The number of fused-ring (bicyclic) bond motifs is 1. The highest BCUT2D eigenvalue weighted by atomic mass is 16.7. The van der Waals surface area contributed by atoms with Gasteiger partial charge in [-0.15, -0.1) is 0 Å². The largest absolute Gasteiger partial charge is 0.479 e. The van der Waals surface area contributed by atoms with Gasteiger partial charge in [0.25, 0.3) is 5.91 Å². The van der Waals surface area contributed by atoms with E-state index in [0.717, 1.165) is 33.0 Å². The number of carboxylic acid groups (broad SMARTS) is 1. The highest BCUT2D eigenvalue weighted by Crippen LogP contribution is 2.26. The monoisotopic (exact) mass is 585 g/mol. The van der Waals surface area contributed by atoms with Crippen LogP contribution >= 0.6 is 0 Å². The third kappa shape index (κ3) is 8.41. The second kappa shape index (κ2) is 14.8. The molecule has 0 fully saturated rings. The van der Waals surface area contributed by atoms with Crippen LogP contribution in [0.15, 0.2) is 84.9 Å². The van der Waals surface area contributed by atoms with Crippen LogP contribution < -0.4 is 4.74 Å². The van der Waals surface area contributed by atoms with Crippen LogP contribution in [0.5, 0.6) is 5.75 Å².